The molecular weight excluding hydrogens is 204 g/mol. The summed E-state index contributed by atoms with van der Waals surface area (Å²) < 4.78 is 0. The number of pyridine rings is 1. The van der Waals surface area contributed by atoms with Gasteiger partial charge < -0.3 is 10.6 Å². The molecule has 1 aliphatic heterocycles. The fourth-order valence-electron chi connectivity index (χ4n) is 1.77. The second kappa shape index (κ2) is 4.49. The standard InChI is InChI=1S/C11H16N4O/c1-14-5-6-15(8-10(14)16)7-9-3-2-4-13-11(9)12/h2-4H,5-8H2,1H3,(H2,12,13). The van der Waals surface area contributed by atoms with Crippen molar-refractivity contribution in [3.63, 3.8) is 0 Å². The molecule has 1 aliphatic rings. The van der Waals surface area contributed by atoms with Gasteiger partial charge in [0.05, 0.1) is 6.54 Å². The smallest absolute Gasteiger partial charge is 0.236 e. The number of nitrogens with two attached hydrogens (primary N) is 1. The topological polar surface area (TPSA) is 62.5 Å². The van der Waals surface area contributed by atoms with E-state index in [1.165, 1.54) is 0 Å². The Balaban J connectivity index is 2.01. The highest BCUT2D eigenvalue weighted by molar-refractivity contribution is 5.78. The molecule has 0 radical (unpaired) electrons. The van der Waals surface area contributed by atoms with Gasteiger partial charge in [-0.1, -0.05) is 6.07 Å². The third-order valence-electron chi connectivity index (χ3n) is 2.86. The molecule has 0 aliphatic carbocycles. The van der Waals surface area contributed by atoms with Gasteiger partial charge in [-0.25, -0.2) is 4.98 Å². The largest absolute Gasteiger partial charge is 0.383 e. The first-order valence-electron chi connectivity index (χ1n) is 5.32. The summed E-state index contributed by atoms with van der Waals surface area (Å²) in [6.07, 6.45) is 1.67. The normalized spacial score (nSPS) is 17.8. The molecule has 1 amide bonds. The zero-order valence-corrected chi connectivity index (χ0v) is 9.39. The van der Waals surface area contributed by atoms with E-state index in [-0.39, 0.29) is 5.91 Å². The Bertz CT molecular complexity index is 393. The van der Waals surface area contributed by atoms with Crippen LogP contribution in [0.15, 0.2) is 18.3 Å². The molecule has 2 N–H and O–H groups in total. The van der Waals surface area contributed by atoms with E-state index < -0.39 is 0 Å². The maximum absolute atomic E-state index is 11.5. The number of rotatable bonds is 2. The predicted molar refractivity (Wildman–Crippen MR) is 61.6 cm³/mol. The molecular formula is C11H16N4O. The molecule has 1 saturated heterocycles. The molecule has 5 nitrogen and oxygen atoms in total. The Morgan fingerprint density at radius 1 is 1.50 bits per heavy atom. The first kappa shape index (κ1) is 10.9. The van der Waals surface area contributed by atoms with Crippen LogP contribution in [0, 0.1) is 0 Å². The Morgan fingerprint density at radius 3 is 3.00 bits per heavy atom. The fraction of sp³-hybridized carbons (Fsp3) is 0.455. The van der Waals surface area contributed by atoms with E-state index in [1.807, 2.05) is 19.2 Å². The van der Waals surface area contributed by atoms with Crippen molar-refractivity contribution in [3.8, 4) is 0 Å². The second-order valence-corrected chi connectivity index (χ2v) is 4.07. The van der Waals surface area contributed by atoms with Crippen LogP contribution in [0.1, 0.15) is 5.56 Å². The third kappa shape index (κ3) is 2.30. The van der Waals surface area contributed by atoms with E-state index >= 15 is 0 Å². The maximum atomic E-state index is 11.5. The molecule has 86 valence electrons. The molecule has 0 bridgehead atoms. The number of carbonyl (C=O) groups excluding carboxylic acids is 1. The van der Waals surface area contributed by atoms with Crippen molar-refractivity contribution in [1.82, 2.24) is 14.8 Å². The minimum absolute atomic E-state index is 0.161. The molecule has 5 heteroatoms. The van der Waals surface area contributed by atoms with Crippen LogP contribution >= 0.6 is 0 Å². The summed E-state index contributed by atoms with van der Waals surface area (Å²) in [5.74, 6) is 0.711. The van der Waals surface area contributed by atoms with Gasteiger partial charge in [-0.05, 0) is 6.07 Å². The Morgan fingerprint density at radius 2 is 2.31 bits per heavy atom. The number of anilines is 1. The molecule has 16 heavy (non-hydrogen) atoms. The molecule has 0 spiro atoms. The Kier molecular flexibility index (Phi) is 3.05. The van der Waals surface area contributed by atoms with Crippen molar-refractivity contribution in [2.75, 3.05) is 32.4 Å². The second-order valence-electron chi connectivity index (χ2n) is 4.07. The number of carbonyl (C=O) groups is 1. The van der Waals surface area contributed by atoms with Crippen molar-refractivity contribution < 1.29 is 4.79 Å². The van der Waals surface area contributed by atoms with E-state index in [4.69, 9.17) is 5.73 Å². The van der Waals surface area contributed by atoms with Crippen LogP contribution in [0.2, 0.25) is 0 Å². The number of hydrogen-bond donors (Lipinski definition) is 1. The summed E-state index contributed by atoms with van der Waals surface area (Å²) in [5, 5.41) is 0. The maximum Gasteiger partial charge on any atom is 0.236 e. The number of nitrogens with zero attached hydrogens (tertiary/aromatic N) is 3. The summed E-state index contributed by atoms with van der Waals surface area (Å²) in [6, 6.07) is 3.81. The van der Waals surface area contributed by atoms with Crippen LogP contribution in [0.4, 0.5) is 5.82 Å². The van der Waals surface area contributed by atoms with E-state index in [2.05, 4.69) is 9.88 Å². The summed E-state index contributed by atoms with van der Waals surface area (Å²) in [6.45, 7) is 2.82. The molecule has 1 aromatic heterocycles. The van der Waals surface area contributed by atoms with Gasteiger partial charge >= 0.3 is 0 Å². The molecule has 1 aromatic rings. The molecule has 0 atom stereocenters. The van der Waals surface area contributed by atoms with Crippen LogP contribution in [-0.2, 0) is 11.3 Å². The van der Waals surface area contributed by atoms with E-state index in [0.29, 0.717) is 18.9 Å². The van der Waals surface area contributed by atoms with Crippen molar-refractivity contribution >= 4 is 11.7 Å². The van der Waals surface area contributed by atoms with Gasteiger partial charge in [0.15, 0.2) is 0 Å². The van der Waals surface area contributed by atoms with Crippen LogP contribution < -0.4 is 5.73 Å². The number of amides is 1. The van der Waals surface area contributed by atoms with Crippen LogP contribution in [-0.4, -0.2) is 47.4 Å². The molecule has 0 aromatic carbocycles. The molecule has 2 rings (SSSR count). The predicted octanol–water partition coefficient (Wildman–Crippen LogP) is -0.0622. The van der Waals surface area contributed by atoms with Crippen LogP contribution in [0.5, 0.6) is 0 Å². The highest BCUT2D eigenvalue weighted by atomic mass is 16.2. The van der Waals surface area contributed by atoms with E-state index in [1.54, 1.807) is 11.1 Å². The Hall–Kier alpha value is -1.62. The average molecular weight is 220 g/mol. The van der Waals surface area contributed by atoms with Crippen molar-refractivity contribution in [2.45, 2.75) is 6.54 Å². The minimum Gasteiger partial charge on any atom is -0.383 e. The van der Waals surface area contributed by atoms with E-state index in [9.17, 15) is 4.79 Å². The van der Waals surface area contributed by atoms with Crippen LogP contribution in [0.25, 0.3) is 0 Å². The van der Waals surface area contributed by atoms with Gasteiger partial charge in [-0.3, -0.25) is 9.69 Å². The number of hydrogen-bond acceptors (Lipinski definition) is 4. The third-order valence-corrected chi connectivity index (χ3v) is 2.86. The van der Waals surface area contributed by atoms with Gasteiger partial charge in [0.1, 0.15) is 5.82 Å². The van der Waals surface area contributed by atoms with Gasteiger partial charge in [-0.15, -0.1) is 0 Å². The summed E-state index contributed by atoms with van der Waals surface area (Å²) in [5.41, 5.74) is 6.75. The van der Waals surface area contributed by atoms with Gasteiger partial charge in [0.25, 0.3) is 0 Å². The number of nitrogen functional groups attached to an aromatic ring is 1. The monoisotopic (exact) mass is 220 g/mol. The van der Waals surface area contributed by atoms with Gasteiger partial charge in [0, 0.05) is 38.4 Å². The average Bonchev–Trinajstić information content (AvgIpc) is 2.27. The summed E-state index contributed by atoms with van der Waals surface area (Å²) in [4.78, 5) is 19.4. The van der Waals surface area contributed by atoms with Crippen LogP contribution in [0.3, 0.4) is 0 Å². The lowest BCUT2D eigenvalue weighted by Crippen LogP contribution is -2.48. The summed E-state index contributed by atoms with van der Waals surface area (Å²) in [7, 11) is 1.83. The SMILES string of the molecule is CN1CCN(Cc2cccnc2N)CC1=O. The highest BCUT2D eigenvalue weighted by Gasteiger charge is 2.21. The van der Waals surface area contributed by atoms with Gasteiger partial charge in [0.2, 0.25) is 5.91 Å². The van der Waals surface area contributed by atoms with Crippen molar-refractivity contribution in [1.29, 1.82) is 0 Å². The lowest BCUT2D eigenvalue weighted by Gasteiger charge is -2.31. The first-order valence-corrected chi connectivity index (χ1v) is 5.32. The quantitative estimate of drug-likeness (QED) is 0.758. The zero-order valence-electron chi connectivity index (χ0n) is 9.39. The van der Waals surface area contributed by atoms with Crippen molar-refractivity contribution in [3.05, 3.63) is 23.9 Å². The van der Waals surface area contributed by atoms with E-state index in [0.717, 1.165) is 18.7 Å². The van der Waals surface area contributed by atoms with Gasteiger partial charge in [-0.2, -0.15) is 0 Å². The highest BCUT2D eigenvalue weighted by Crippen LogP contribution is 2.12. The lowest BCUT2D eigenvalue weighted by molar-refractivity contribution is -0.134. The molecule has 0 saturated carbocycles. The molecule has 0 unspecified atom stereocenters. The lowest BCUT2D eigenvalue weighted by atomic mass is 10.2. The summed E-state index contributed by atoms with van der Waals surface area (Å²) >= 11 is 0. The first-order chi connectivity index (χ1) is 7.66. The number of piperazine rings is 1. The molecule has 2 heterocycles. The minimum atomic E-state index is 0.161. The Labute approximate surface area is 94.9 Å². The molecule has 1 fully saturated rings. The fourth-order valence-corrected chi connectivity index (χ4v) is 1.77. The number of aromatic nitrogens is 1. The van der Waals surface area contributed by atoms with Crippen molar-refractivity contribution in [2.24, 2.45) is 0 Å². The zero-order chi connectivity index (χ0) is 11.5. The number of likely N-dealkylation sites (N-methyl/N-ethyl adjacent to an activating group) is 1.